The first kappa shape index (κ1) is 17.0. The van der Waals surface area contributed by atoms with Crippen molar-refractivity contribution < 1.29 is 23.8 Å². The van der Waals surface area contributed by atoms with E-state index in [0.717, 1.165) is 47.5 Å². The lowest BCUT2D eigenvalue weighted by Gasteiger charge is -2.49. The zero-order valence-corrected chi connectivity index (χ0v) is 15.8. The zero-order valence-electron chi connectivity index (χ0n) is 15.8. The van der Waals surface area contributed by atoms with Gasteiger partial charge in [0.1, 0.15) is 12.6 Å². The van der Waals surface area contributed by atoms with Gasteiger partial charge in [-0.25, -0.2) is 0 Å². The Bertz CT molecular complexity index is 864. The predicted molar refractivity (Wildman–Crippen MR) is 99.1 cm³/mol. The maximum absolute atomic E-state index is 10.2. The molecule has 0 saturated carbocycles. The summed E-state index contributed by atoms with van der Waals surface area (Å²) in [5.41, 5.74) is 5.07. The van der Waals surface area contributed by atoms with Gasteiger partial charge in [0.2, 0.25) is 0 Å². The second kappa shape index (κ2) is 6.09. The van der Waals surface area contributed by atoms with Gasteiger partial charge in [-0.1, -0.05) is 6.07 Å². The number of quaternary nitrogens is 1. The summed E-state index contributed by atoms with van der Waals surface area (Å²) in [5, 5.41) is 10.2. The standard InChI is InChI=1S/C21H25NO4/c1-22-8-7-14-10-19(24-2)20(25-3)11-15(14)17(22)9-13-5-6-18(23)21(26-4)16(13)12-22/h5-6,10-11,17H,7-9,12H2,1-4H3/p+1. The maximum atomic E-state index is 10.2. The minimum absolute atomic E-state index is 0.222. The average Bonchev–Trinajstić information content (AvgIpc) is 2.65. The average molecular weight is 356 g/mol. The molecule has 0 aromatic heterocycles. The molecule has 0 spiro atoms. The van der Waals surface area contributed by atoms with Crippen molar-refractivity contribution in [3.63, 3.8) is 0 Å². The van der Waals surface area contributed by atoms with Crippen molar-refractivity contribution in [2.75, 3.05) is 34.9 Å². The second-order valence-corrected chi connectivity index (χ2v) is 7.49. The van der Waals surface area contributed by atoms with Crippen LogP contribution in [0.2, 0.25) is 0 Å². The number of benzene rings is 2. The molecule has 26 heavy (non-hydrogen) atoms. The molecular weight excluding hydrogens is 330 g/mol. The summed E-state index contributed by atoms with van der Waals surface area (Å²) in [5.74, 6) is 2.43. The van der Waals surface area contributed by atoms with Gasteiger partial charge in [0.25, 0.3) is 0 Å². The van der Waals surface area contributed by atoms with Gasteiger partial charge in [0.05, 0.1) is 40.5 Å². The van der Waals surface area contributed by atoms with Crippen molar-refractivity contribution >= 4 is 0 Å². The third kappa shape index (κ3) is 2.42. The third-order valence-electron chi connectivity index (χ3n) is 6.12. The van der Waals surface area contributed by atoms with E-state index in [4.69, 9.17) is 14.2 Å². The lowest BCUT2D eigenvalue weighted by molar-refractivity contribution is -0.956. The van der Waals surface area contributed by atoms with Crippen LogP contribution in [0, 0.1) is 0 Å². The lowest BCUT2D eigenvalue weighted by atomic mass is 9.81. The minimum Gasteiger partial charge on any atom is -0.504 e. The molecule has 2 aromatic carbocycles. The first-order valence-corrected chi connectivity index (χ1v) is 8.97. The molecule has 2 unspecified atom stereocenters. The van der Waals surface area contributed by atoms with Crippen molar-refractivity contribution in [2.24, 2.45) is 0 Å². The van der Waals surface area contributed by atoms with Gasteiger partial charge < -0.3 is 23.8 Å². The van der Waals surface area contributed by atoms with E-state index in [2.05, 4.69) is 19.2 Å². The highest BCUT2D eigenvalue weighted by Crippen LogP contribution is 2.48. The van der Waals surface area contributed by atoms with Gasteiger partial charge in [-0.3, -0.25) is 0 Å². The van der Waals surface area contributed by atoms with Crippen molar-refractivity contribution in [1.82, 2.24) is 0 Å². The van der Waals surface area contributed by atoms with E-state index in [0.29, 0.717) is 11.8 Å². The van der Waals surface area contributed by atoms with E-state index in [1.165, 1.54) is 16.7 Å². The number of phenols is 1. The van der Waals surface area contributed by atoms with Crippen LogP contribution >= 0.6 is 0 Å². The van der Waals surface area contributed by atoms with Gasteiger partial charge in [-0.2, -0.15) is 0 Å². The normalized spacial score (nSPS) is 23.5. The number of likely N-dealkylation sites (N-methyl/N-ethyl adjacent to an activating group) is 1. The Morgan fingerprint density at radius 2 is 1.73 bits per heavy atom. The Hall–Kier alpha value is -2.40. The number of ether oxygens (including phenoxy) is 3. The molecule has 4 rings (SSSR count). The van der Waals surface area contributed by atoms with E-state index in [9.17, 15) is 5.11 Å². The first-order valence-electron chi connectivity index (χ1n) is 8.97. The summed E-state index contributed by atoms with van der Waals surface area (Å²) in [4.78, 5) is 0. The molecular formula is C21H26NO4+. The van der Waals surface area contributed by atoms with Gasteiger partial charge >= 0.3 is 0 Å². The number of rotatable bonds is 3. The fourth-order valence-electron chi connectivity index (χ4n) is 4.67. The maximum Gasteiger partial charge on any atom is 0.169 e. The van der Waals surface area contributed by atoms with Gasteiger partial charge in [0.15, 0.2) is 23.0 Å². The van der Waals surface area contributed by atoms with E-state index in [1.807, 2.05) is 6.07 Å². The third-order valence-corrected chi connectivity index (χ3v) is 6.12. The fourth-order valence-corrected chi connectivity index (χ4v) is 4.67. The quantitative estimate of drug-likeness (QED) is 0.858. The van der Waals surface area contributed by atoms with Crippen LogP contribution in [-0.4, -0.2) is 44.5 Å². The highest BCUT2D eigenvalue weighted by atomic mass is 16.5. The Labute approximate surface area is 154 Å². The molecule has 5 nitrogen and oxygen atoms in total. The molecule has 5 heteroatoms. The molecule has 0 aliphatic carbocycles. The summed E-state index contributed by atoms with van der Waals surface area (Å²) >= 11 is 0. The molecule has 2 atom stereocenters. The molecule has 138 valence electrons. The molecule has 2 heterocycles. The van der Waals surface area contributed by atoms with Crippen molar-refractivity contribution in [2.45, 2.75) is 25.4 Å². The number of hydrogen-bond donors (Lipinski definition) is 1. The zero-order chi connectivity index (χ0) is 18.5. The van der Waals surface area contributed by atoms with Crippen LogP contribution in [0.5, 0.6) is 23.0 Å². The van der Waals surface area contributed by atoms with Crippen LogP contribution in [0.25, 0.3) is 0 Å². The topological polar surface area (TPSA) is 47.9 Å². The summed E-state index contributed by atoms with van der Waals surface area (Å²) in [6.45, 7) is 1.90. The summed E-state index contributed by atoms with van der Waals surface area (Å²) in [6.07, 6.45) is 1.92. The molecule has 0 radical (unpaired) electrons. The predicted octanol–water partition coefficient (Wildman–Crippen LogP) is 3.22. The number of fused-ring (bicyclic) bond motifs is 4. The van der Waals surface area contributed by atoms with Crippen molar-refractivity contribution in [1.29, 1.82) is 0 Å². The molecule has 0 amide bonds. The van der Waals surface area contributed by atoms with E-state index < -0.39 is 0 Å². The van der Waals surface area contributed by atoms with Crippen LogP contribution < -0.4 is 14.2 Å². The summed E-state index contributed by atoms with van der Waals surface area (Å²) in [6, 6.07) is 8.42. The molecule has 2 aromatic rings. The minimum atomic E-state index is 0.222. The van der Waals surface area contributed by atoms with Crippen LogP contribution in [0.1, 0.15) is 28.3 Å². The number of phenolic OH excluding ortho intramolecular Hbond substituents is 1. The monoisotopic (exact) mass is 356 g/mol. The van der Waals surface area contributed by atoms with Crippen molar-refractivity contribution in [3.05, 3.63) is 46.5 Å². The van der Waals surface area contributed by atoms with E-state index in [-0.39, 0.29) is 5.75 Å². The first-order chi connectivity index (χ1) is 12.5. The van der Waals surface area contributed by atoms with Gasteiger partial charge in [-0.15, -0.1) is 0 Å². The summed E-state index contributed by atoms with van der Waals surface area (Å²) in [7, 11) is 7.30. The van der Waals surface area contributed by atoms with Crippen molar-refractivity contribution in [3.8, 4) is 23.0 Å². The highest BCUT2D eigenvalue weighted by molar-refractivity contribution is 5.53. The van der Waals surface area contributed by atoms with Gasteiger partial charge in [-0.05, 0) is 29.3 Å². The Morgan fingerprint density at radius 3 is 2.42 bits per heavy atom. The van der Waals surface area contributed by atoms with Crippen LogP contribution in [0.3, 0.4) is 0 Å². The highest BCUT2D eigenvalue weighted by Gasteiger charge is 2.44. The summed E-state index contributed by atoms with van der Waals surface area (Å²) < 4.78 is 17.5. The molecule has 1 N–H and O–H groups in total. The Kier molecular flexibility index (Phi) is 3.99. The SMILES string of the molecule is COc1cc2c(cc1OC)C1Cc3ccc(O)c(OC)c3C[N+]1(C)CC2. The molecule has 2 aliphatic heterocycles. The number of aromatic hydroxyl groups is 1. The second-order valence-electron chi connectivity index (χ2n) is 7.49. The van der Waals surface area contributed by atoms with Crippen LogP contribution in [0.15, 0.2) is 24.3 Å². The fraction of sp³-hybridized carbons (Fsp3) is 0.429. The van der Waals surface area contributed by atoms with Crippen LogP contribution in [0.4, 0.5) is 0 Å². The molecule has 0 bridgehead atoms. The number of hydrogen-bond acceptors (Lipinski definition) is 4. The molecule has 0 saturated heterocycles. The molecule has 2 aliphatic rings. The lowest BCUT2D eigenvalue weighted by Crippen LogP contribution is -2.53. The number of methoxy groups -OCH3 is 3. The Balaban J connectivity index is 1.83. The Morgan fingerprint density at radius 1 is 1.00 bits per heavy atom. The van der Waals surface area contributed by atoms with E-state index in [1.54, 1.807) is 27.4 Å². The van der Waals surface area contributed by atoms with Gasteiger partial charge in [0, 0.05) is 18.4 Å². The number of nitrogens with zero attached hydrogens (tertiary/aromatic N) is 1. The largest absolute Gasteiger partial charge is 0.504 e. The van der Waals surface area contributed by atoms with Crippen LogP contribution in [-0.2, 0) is 19.4 Å². The van der Waals surface area contributed by atoms with E-state index >= 15 is 0 Å². The molecule has 0 fully saturated rings. The smallest absolute Gasteiger partial charge is 0.169 e.